The number of imide groups is 1. The smallest absolute Gasteiger partial charge is 0.250 e. The quantitative estimate of drug-likeness (QED) is 0.542. The predicted molar refractivity (Wildman–Crippen MR) is 127 cm³/mol. The summed E-state index contributed by atoms with van der Waals surface area (Å²) >= 11 is 0. The third-order valence-electron chi connectivity index (χ3n) is 7.48. The molecule has 0 aliphatic carbocycles. The zero-order valence-corrected chi connectivity index (χ0v) is 19.9. The van der Waals surface area contributed by atoms with E-state index >= 15 is 0 Å². The van der Waals surface area contributed by atoms with E-state index in [0.717, 1.165) is 11.1 Å². The molecule has 182 valence electrons. The van der Waals surface area contributed by atoms with Gasteiger partial charge in [-0.2, -0.15) is 0 Å². The van der Waals surface area contributed by atoms with E-state index in [4.69, 9.17) is 10.5 Å². The van der Waals surface area contributed by atoms with Gasteiger partial charge in [0.25, 0.3) is 0 Å². The van der Waals surface area contributed by atoms with Gasteiger partial charge < -0.3 is 15.8 Å². The van der Waals surface area contributed by atoms with Crippen molar-refractivity contribution >= 4 is 29.3 Å². The van der Waals surface area contributed by atoms with Crippen molar-refractivity contribution in [3.05, 3.63) is 58.7 Å². The maximum Gasteiger partial charge on any atom is 0.250 e. The van der Waals surface area contributed by atoms with Crippen molar-refractivity contribution in [2.24, 2.45) is 17.6 Å². The summed E-state index contributed by atoms with van der Waals surface area (Å²) in [6.45, 7) is 3.86. The topological polar surface area (TPSA) is 131 Å². The Hall–Kier alpha value is -3.72. The molecule has 3 aliphatic heterocycles. The fourth-order valence-electron chi connectivity index (χ4n) is 6.02. The van der Waals surface area contributed by atoms with Gasteiger partial charge >= 0.3 is 0 Å². The van der Waals surface area contributed by atoms with E-state index in [-0.39, 0.29) is 31.2 Å². The number of nitrogens with zero attached hydrogens (tertiary/aromatic N) is 1. The minimum Gasteiger partial charge on any atom is -0.496 e. The Balaban J connectivity index is 1.61. The van der Waals surface area contributed by atoms with Crippen LogP contribution in [-0.4, -0.2) is 41.7 Å². The number of nitrogens with one attached hydrogen (secondary N) is 2. The van der Waals surface area contributed by atoms with Crippen molar-refractivity contribution in [1.29, 1.82) is 0 Å². The first-order valence-electron chi connectivity index (χ1n) is 11.6. The molecule has 5 rings (SSSR count). The number of ether oxygens (including phenoxy) is 1. The second-order valence-electron chi connectivity index (χ2n) is 9.60. The lowest BCUT2D eigenvalue weighted by Gasteiger charge is -2.30. The number of benzene rings is 2. The number of hydrogen-bond donors (Lipinski definition) is 3. The minimum absolute atomic E-state index is 0.0340. The number of primary amides is 1. The minimum atomic E-state index is -1.40. The molecule has 35 heavy (non-hydrogen) atoms. The van der Waals surface area contributed by atoms with E-state index in [1.165, 1.54) is 12.0 Å². The van der Waals surface area contributed by atoms with Crippen molar-refractivity contribution in [1.82, 2.24) is 10.2 Å². The number of fused-ring (bicyclic) bond motifs is 4. The van der Waals surface area contributed by atoms with Gasteiger partial charge in [-0.3, -0.25) is 29.4 Å². The lowest BCUT2D eigenvalue weighted by molar-refractivity contribution is -0.143. The number of rotatable bonds is 6. The average Bonchev–Trinajstić information content (AvgIpc) is 3.39. The lowest BCUT2D eigenvalue weighted by Crippen LogP contribution is -2.53. The van der Waals surface area contributed by atoms with Crippen molar-refractivity contribution in [3.63, 3.8) is 0 Å². The SMILES string of the molecule is COc1ccccc1CN1C(=O)[C@@H]2C(CCC(N)=O)NC3(C(=O)Nc4c(C)cc(C)cc43)[C@@H]2C1=O. The fourth-order valence-corrected chi connectivity index (χ4v) is 6.02. The predicted octanol–water partition coefficient (Wildman–Crippen LogP) is 1.50. The second-order valence-corrected chi connectivity index (χ2v) is 9.60. The van der Waals surface area contributed by atoms with Crippen LogP contribution in [0.15, 0.2) is 36.4 Å². The number of nitrogens with two attached hydrogens (primary N) is 1. The van der Waals surface area contributed by atoms with Gasteiger partial charge in [0.05, 0.1) is 25.5 Å². The molecule has 2 aromatic carbocycles. The molecule has 1 spiro atoms. The molecule has 3 heterocycles. The van der Waals surface area contributed by atoms with Crippen LogP contribution in [0.25, 0.3) is 0 Å². The number of amides is 4. The molecule has 2 unspecified atom stereocenters. The summed E-state index contributed by atoms with van der Waals surface area (Å²) in [5, 5.41) is 6.29. The van der Waals surface area contributed by atoms with Crippen LogP contribution in [0.2, 0.25) is 0 Å². The van der Waals surface area contributed by atoms with Gasteiger partial charge in [-0.05, 0) is 31.9 Å². The number of carbonyl (C=O) groups excluding carboxylic acids is 4. The van der Waals surface area contributed by atoms with Crippen LogP contribution >= 0.6 is 0 Å². The van der Waals surface area contributed by atoms with Crippen LogP contribution in [0.3, 0.4) is 0 Å². The van der Waals surface area contributed by atoms with Crippen LogP contribution in [-0.2, 0) is 31.3 Å². The first-order valence-corrected chi connectivity index (χ1v) is 11.6. The van der Waals surface area contributed by atoms with E-state index < -0.39 is 35.2 Å². The molecule has 0 radical (unpaired) electrons. The highest BCUT2D eigenvalue weighted by Crippen LogP contribution is 2.54. The second kappa shape index (κ2) is 8.20. The Bertz CT molecular complexity index is 1270. The van der Waals surface area contributed by atoms with E-state index in [0.29, 0.717) is 22.6 Å². The molecule has 2 aromatic rings. The Morgan fingerprint density at radius 2 is 1.89 bits per heavy atom. The van der Waals surface area contributed by atoms with E-state index in [2.05, 4.69) is 10.6 Å². The zero-order valence-electron chi connectivity index (χ0n) is 19.9. The molecular formula is C26H28N4O5. The largest absolute Gasteiger partial charge is 0.496 e. The third kappa shape index (κ3) is 3.33. The van der Waals surface area contributed by atoms with E-state index in [1.54, 1.807) is 12.1 Å². The molecule has 4 amide bonds. The molecule has 4 atom stereocenters. The van der Waals surface area contributed by atoms with E-state index in [9.17, 15) is 19.2 Å². The van der Waals surface area contributed by atoms with Crippen LogP contribution in [0.4, 0.5) is 5.69 Å². The number of carbonyl (C=O) groups is 4. The molecule has 2 saturated heterocycles. The monoisotopic (exact) mass is 476 g/mol. The molecule has 0 aromatic heterocycles. The van der Waals surface area contributed by atoms with Crippen LogP contribution in [0, 0.1) is 25.7 Å². The maximum atomic E-state index is 13.9. The number of aryl methyl sites for hydroxylation is 2. The van der Waals surface area contributed by atoms with E-state index in [1.807, 2.05) is 38.1 Å². The Morgan fingerprint density at radius 3 is 2.60 bits per heavy atom. The zero-order chi connectivity index (χ0) is 25.1. The highest BCUT2D eigenvalue weighted by molar-refractivity contribution is 6.15. The third-order valence-corrected chi connectivity index (χ3v) is 7.48. The van der Waals surface area contributed by atoms with Gasteiger partial charge in [-0.1, -0.05) is 35.9 Å². The summed E-state index contributed by atoms with van der Waals surface area (Å²) in [4.78, 5) is 54.0. The number of likely N-dealkylation sites (tertiary alicyclic amines) is 1. The summed E-state index contributed by atoms with van der Waals surface area (Å²) in [5.74, 6) is -2.82. The average molecular weight is 477 g/mol. The number of anilines is 1. The number of methoxy groups -OCH3 is 1. The molecule has 9 heteroatoms. The Labute approximate surface area is 203 Å². The summed E-state index contributed by atoms with van der Waals surface area (Å²) < 4.78 is 5.41. The first kappa shape index (κ1) is 23.0. The summed E-state index contributed by atoms with van der Waals surface area (Å²) in [7, 11) is 1.53. The Morgan fingerprint density at radius 1 is 1.14 bits per heavy atom. The standard InChI is InChI=1S/C26H28N4O5/c1-13-10-14(2)22-16(11-13)26(25(34)28-22)21-20(17(29-26)8-9-19(27)31)23(32)30(24(21)33)12-15-6-4-5-7-18(15)35-3/h4-7,10-11,17,20-21,29H,8-9,12H2,1-3H3,(H2,27,31)(H,28,34)/t17?,20-,21+,26?/m1/s1. The van der Waals surface area contributed by atoms with Crippen molar-refractivity contribution in [2.45, 2.75) is 44.8 Å². The van der Waals surface area contributed by atoms with Gasteiger partial charge in [0.15, 0.2) is 0 Å². The van der Waals surface area contributed by atoms with Gasteiger partial charge in [-0.25, -0.2) is 0 Å². The summed E-state index contributed by atoms with van der Waals surface area (Å²) in [6, 6.07) is 10.5. The van der Waals surface area contributed by atoms with Crippen LogP contribution in [0.1, 0.15) is 35.1 Å². The van der Waals surface area contributed by atoms with Gasteiger partial charge in [-0.15, -0.1) is 0 Å². The molecular weight excluding hydrogens is 448 g/mol. The van der Waals surface area contributed by atoms with Gasteiger partial charge in [0.2, 0.25) is 23.6 Å². The molecule has 0 bridgehead atoms. The first-order chi connectivity index (χ1) is 16.7. The number of hydrogen-bond acceptors (Lipinski definition) is 6. The summed E-state index contributed by atoms with van der Waals surface area (Å²) in [5.41, 5.74) is 7.83. The maximum absolute atomic E-state index is 13.9. The lowest BCUT2D eigenvalue weighted by atomic mass is 9.75. The normalized spacial score (nSPS) is 26.8. The number of para-hydroxylation sites is 1. The fraction of sp³-hybridized carbons (Fsp3) is 0.385. The molecule has 4 N–H and O–H groups in total. The highest BCUT2D eigenvalue weighted by atomic mass is 16.5. The molecule has 0 saturated carbocycles. The molecule has 9 nitrogen and oxygen atoms in total. The van der Waals surface area contributed by atoms with Crippen molar-refractivity contribution in [3.8, 4) is 5.75 Å². The molecule has 2 fully saturated rings. The highest BCUT2D eigenvalue weighted by Gasteiger charge is 2.70. The van der Waals surface area contributed by atoms with Gasteiger partial charge in [0.1, 0.15) is 11.3 Å². The van der Waals surface area contributed by atoms with Crippen LogP contribution < -0.4 is 21.1 Å². The van der Waals surface area contributed by atoms with Gasteiger partial charge in [0, 0.05) is 29.3 Å². The Kier molecular flexibility index (Phi) is 5.40. The summed E-state index contributed by atoms with van der Waals surface area (Å²) in [6.07, 6.45) is 0.277. The molecule has 3 aliphatic rings. The van der Waals surface area contributed by atoms with Crippen molar-refractivity contribution < 1.29 is 23.9 Å². The van der Waals surface area contributed by atoms with Crippen molar-refractivity contribution in [2.75, 3.05) is 12.4 Å². The van der Waals surface area contributed by atoms with Crippen LogP contribution in [0.5, 0.6) is 5.75 Å².